The van der Waals surface area contributed by atoms with Gasteiger partial charge in [-0.1, -0.05) is 24.3 Å². The maximum absolute atomic E-state index is 12.7. The fraction of sp³-hybridized carbons (Fsp3) is 0.182. The Morgan fingerprint density at radius 1 is 1.07 bits per heavy atom. The predicted molar refractivity (Wildman–Crippen MR) is 115 cm³/mol. The number of thiophene rings is 1. The highest BCUT2D eigenvalue weighted by molar-refractivity contribution is 7.13. The summed E-state index contributed by atoms with van der Waals surface area (Å²) in [6.45, 7) is 1.33. The number of anilines is 1. The monoisotopic (exact) mass is 401 g/mol. The number of likely N-dealkylation sites (tertiary alicyclic amines) is 1. The molecule has 4 aromatic rings. The number of carbonyl (C=O) groups excluding carboxylic acids is 1. The fourth-order valence-electron chi connectivity index (χ4n) is 3.61. The molecule has 1 saturated heterocycles. The van der Waals surface area contributed by atoms with Gasteiger partial charge in [0.1, 0.15) is 11.5 Å². The Balaban J connectivity index is 1.40. The highest BCUT2D eigenvalue weighted by Gasteiger charge is 2.28. The molecule has 1 aliphatic heterocycles. The average Bonchev–Trinajstić information content (AvgIpc) is 3.46. The van der Waals surface area contributed by atoms with Crippen LogP contribution in [0.5, 0.6) is 0 Å². The van der Waals surface area contributed by atoms with Crippen LogP contribution >= 0.6 is 11.3 Å². The molecule has 5 rings (SSSR count). The molecule has 4 heterocycles. The minimum absolute atomic E-state index is 0.0262. The molecule has 0 saturated carbocycles. The van der Waals surface area contributed by atoms with E-state index in [1.165, 1.54) is 0 Å². The number of pyridine rings is 1. The first kappa shape index (κ1) is 17.8. The number of aromatic nitrogens is 3. The van der Waals surface area contributed by atoms with Crippen LogP contribution < -0.4 is 5.32 Å². The molecule has 1 atom stereocenters. The predicted octanol–water partition coefficient (Wildman–Crippen LogP) is 4.08. The molecule has 1 amide bonds. The quantitative estimate of drug-likeness (QED) is 0.558. The first-order valence-electron chi connectivity index (χ1n) is 9.55. The first-order chi connectivity index (χ1) is 14.3. The zero-order valence-electron chi connectivity index (χ0n) is 15.7. The van der Waals surface area contributed by atoms with Crippen LogP contribution in [0.3, 0.4) is 0 Å². The van der Waals surface area contributed by atoms with Crippen molar-refractivity contribution in [1.29, 1.82) is 0 Å². The Hall–Kier alpha value is -3.32. The Labute approximate surface area is 172 Å². The Morgan fingerprint density at radius 3 is 2.79 bits per heavy atom. The van der Waals surface area contributed by atoms with E-state index in [-0.39, 0.29) is 11.9 Å². The molecule has 1 N–H and O–H groups in total. The van der Waals surface area contributed by atoms with Gasteiger partial charge in [0.15, 0.2) is 5.82 Å². The largest absolute Gasteiger partial charge is 0.365 e. The Bertz CT molecular complexity index is 1150. The maximum atomic E-state index is 12.7. The minimum atomic E-state index is -0.0262. The van der Waals surface area contributed by atoms with E-state index < -0.39 is 0 Å². The number of rotatable bonds is 4. The van der Waals surface area contributed by atoms with Crippen molar-refractivity contribution in [1.82, 2.24) is 19.9 Å². The summed E-state index contributed by atoms with van der Waals surface area (Å²) in [6.07, 6.45) is 2.52. The zero-order chi connectivity index (χ0) is 19.6. The number of carbonyl (C=O) groups is 1. The summed E-state index contributed by atoms with van der Waals surface area (Å²) in [5, 5.41) is 6.58. The van der Waals surface area contributed by atoms with E-state index in [9.17, 15) is 4.79 Å². The van der Waals surface area contributed by atoms with Gasteiger partial charge in [-0.25, -0.2) is 9.97 Å². The van der Waals surface area contributed by atoms with Crippen LogP contribution in [-0.4, -0.2) is 44.9 Å². The van der Waals surface area contributed by atoms with Crippen molar-refractivity contribution in [2.24, 2.45) is 0 Å². The highest BCUT2D eigenvalue weighted by Crippen LogP contribution is 2.28. The van der Waals surface area contributed by atoms with Gasteiger partial charge in [-0.2, -0.15) is 0 Å². The lowest BCUT2D eigenvalue weighted by Gasteiger charge is -2.18. The first-order valence-corrected chi connectivity index (χ1v) is 10.4. The van der Waals surface area contributed by atoms with E-state index in [0.29, 0.717) is 18.8 Å². The van der Waals surface area contributed by atoms with Crippen LogP contribution in [0, 0.1) is 0 Å². The fourth-order valence-corrected chi connectivity index (χ4v) is 4.27. The Kier molecular flexibility index (Phi) is 4.65. The standard InChI is InChI=1S/C22H19N5OS/c28-22(18-8-3-4-11-23-18)27-12-10-15(14-27)24-20-16-6-1-2-7-17(16)25-21(26-20)19-9-5-13-29-19/h1-9,11,13,15H,10,12,14H2,(H,24,25,26). The molecule has 1 aliphatic rings. The molecule has 144 valence electrons. The summed E-state index contributed by atoms with van der Waals surface area (Å²) in [7, 11) is 0. The molecule has 0 bridgehead atoms. The third-order valence-corrected chi connectivity index (χ3v) is 5.91. The summed E-state index contributed by atoms with van der Waals surface area (Å²) in [5.74, 6) is 1.51. The molecule has 3 aromatic heterocycles. The SMILES string of the molecule is O=C(c1ccccn1)N1CCC(Nc2nc(-c3cccs3)nc3ccccc23)C1. The van der Waals surface area contributed by atoms with Crippen molar-refractivity contribution >= 4 is 34.0 Å². The van der Waals surface area contributed by atoms with Crippen molar-refractivity contribution in [3.05, 3.63) is 71.9 Å². The lowest BCUT2D eigenvalue weighted by Crippen LogP contribution is -2.32. The van der Waals surface area contributed by atoms with Gasteiger partial charge in [-0.15, -0.1) is 11.3 Å². The second kappa shape index (κ2) is 7.60. The van der Waals surface area contributed by atoms with Crippen molar-refractivity contribution in [3.63, 3.8) is 0 Å². The number of hydrogen-bond acceptors (Lipinski definition) is 6. The van der Waals surface area contributed by atoms with Crippen LogP contribution in [0.1, 0.15) is 16.9 Å². The lowest BCUT2D eigenvalue weighted by atomic mass is 10.2. The van der Waals surface area contributed by atoms with E-state index in [1.54, 1.807) is 23.6 Å². The minimum Gasteiger partial charge on any atom is -0.365 e. The van der Waals surface area contributed by atoms with Gasteiger partial charge in [-0.3, -0.25) is 9.78 Å². The zero-order valence-corrected chi connectivity index (χ0v) is 16.5. The van der Waals surface area contributed by atoms with E-state index in [1.807, 2.05) is 58.8 Å². The number of fused-ring (bicyclic) bond motifs is 1. The van der Waals surface area contributed by atoms with Gasteiger partial charge in [0.2, 0.25) is 0 Å². The van der Waals surface area contributed by atoms with Gasteiger partial charge < -0.3 is 10.2 Å². The molecule has 6 nitrogen and oxygen atoms in total. The number of nitrogens with zero attached hydrogens (tertiary/aromatic N) is 4. The topological polar surface area (TPSA) is 71.0 Å². The van der Waals surface area contributed by atoms with E-state index in [4.69, 9.17) is 9.97 Å². The molecular formula is C22H19N5OS. The Morgan fingerprint density at radius 2 is 1.97 bits per heavy atom. The summed E-state index contributed by atoms with van der Waals surface area (Å²) in [6, 6.07) is 17.6. The normalized spacial score (nSPS) is 16.3. The number of hydrogen-bond donors (Lipinski definition) is 1. The molecule has 1 unspecified atom stereocenters. The summed E-state index contributed by atoms with van der Waals surface area (Å²) >= 11 is 1.63. The smallest absolute Gasteiger partial charge is 0.272 e. The van der Waals surface area contributed by atoms with Crippen molar-refractivity contribution in [2.45, 2.75) is 12.5 Å². The van der Waals surface area contributed by atoms with Gasteiger partial charge in [0.05, 0.1) is 10.4 Å². The van der Waals surface area contributed by atoms with Crippen LogP contribution in [-0.2, 0) is 0 Å². The average molecular weight is 401 g/mol. The second-order valence-corrected chi connectivity index (χ2v) is 7.93. The van der Waals surface area contributed by atoms with Crippen LogP contribution in [0.15, 0.2) is 66.2 Å². The summed E-state index contributed by atoms with van der Waals surface area (Å²) in [5.41, 5.74) is 1.40. The molecule has 0 aliphatic carbocycles. The van der Waals surface area contributed by atoms with Crippen molar-refractivity contribution in [2.75, 3.05) is 18.4 Å². The summed E-state index contributed by atoms with van der Waals surface area (Å²) in [4.78, 5) is 29.3. The van der Waals surface area contributed by atoms with Crippen LogP contribution in [0.2, 0.25) is 0 Å². The third-order valence-electron chi connectivity index (χ3n) is 5.05. The number of amides is 1. The molecule has 0 radical (unpaired) electrons. The molecule has 29 heavy (non-hydrogen) atoms. The van der Waals surface area contributed by atoms with E-state index >= 15 is 0 Å². The van der Waals surface area contributed by atoms with Gasteiger partial charge in [0.25, 0.3) is 5.91 Å². The van der Waals surface area contributed by atoms with E-state index in [2.05, 4.69) is 10.3 Å². The van der Waals surface area contributed by atoms with Crippen LogP contribution in [0.25, 0.3) is 21.6 Å². The van der Waals surface area contributed by atoms with E-state index in [0.717, 1.165) is 33.8 Å². The molecule has 1 aromatic carbocycles. The third kappa shape index (κ3) is 3.56. The highest BCUT2D eigenvalue weighted by atomic mass is 32.1. The lowest BCUT2D eigenvalue weighted by molar-refractivity contribution is 0.0786. The van der Waals surface area contributed by atoms with Gasteiger partial charge in [-0.05, 0) is 42.1 Å². The van der Waals surface area contributed by atoms with Gasteiger partial charge in [0, 0.05) is 30.7 Å². The molecule has 7 heteroatoms. The molecule has 1 fully saturated rings. The number of nitrogens with one attached hydrogen (secondary N) is 1. The number of benzene rings is 1. The molecular weight excluding hydrogens is 382 g/mol. The van der Waals surface area contributed by atoms with Crippen molar-refractivity contribution in [3.8, 4) is 10.7 Å². The van der Waals surface area contributed by atoms with Crippen molar-refractivity contribution < 1.29 is 4.79 Å². The second-order valence-electron chi connectivity index (χ2n) is 6.99. The van der Waals surface area contributed by atoms with Gasteiger partial charge >= 0.3 is 0 Å². The maximum Gasteiger partial charge on any atom is 0.272 e. The van der Waals surface area contributed by atoms with Crippen LogP contribution in [0.4, 0.5) is 5.82 Å². The molecule has 0 spiro atoms. The number of para-hydroxylation sites is 1. The summed E-state index contributed by atoms with van der Waals surface area (Å²) < 4.78 is 0.